The Morgan fingerprint density at radius 1 is 1.38 bits per heavy atom. The summed E-state index contributed by atoms with van der Waals surface area (Å²) in [6.45, 7) is 0. The van der Waals surface area contributed by atoms with Gasteiger partial charge < -0.3 is 9.52 Å². The largest absolute Gasteiger partial charge is 0.476 e. The van der Waals surface area contributed by atoms with Crippen molar-refractivity contribution in [2.45, 2.75) is 0 Å². The van der Waals surface area contributed by atoms with E-state index in [4.69, 9.17) is 9.52 Å². The molecule has 2 rings (SSSR count). The molecule has 0 fully saturated rings. The molecule has 0 spiro atoms. The molecule has 0 aliphatic carbocycles. The van der Waals surface area contributed by atoms with E-state index in [0.717, 1.165) is 0 Å². The van der Waals surface area contributed by atoms with Crippen LogP contribution in [-0.2, 0) is 7.05 Å². The molecule has 0 saturated heterocycles. The molecule has 1 aromatic carbocycles. The summed E-state index contributed by atoms with van der Waals surface area (Å²) >= 11 is 0. The predicted molar refractivity (Wildman–Crippen MR) is 53.6 cm³/mol. The molecular weight excluding hydrogens is 212 g/mol. The molecule has 2 aromatic rings. The number of nitro benzene ring substituents is 1. The second-order valence-electron chi connectivity index (χ2n) is 3.29. The second kappa shape index (κ2) is 3.65. The van der Waals surface area contributed by atoms with Gasteiger partial charge in [0.2, 0.25) is 0 Å². The maximum Gasteiger partial charge on any atom is 0.383 e. The third-order valence-electron chi connectivity index (χ3n) is 2.15. The standard InChI is InChI=1S/C10H8N2O4/c1-11-6-9(13)16-10(11)7-2-4-8(5-3-7)12(14)15/h2-6H,1H3/p+1. The second-order valence-corrected chi connectivity index (χ2v) is 3.29. The Morgan fingerprint density at radius 2 is 2.00 bits per heavy atom. The number of nitro groups is 1. The first kappa shape index (κ1) is 10.2. The van der Waals surface area contributed by atoms with Crippen molar-refractivity contribution in [1.29, 1.82) is 0 Å². The van der Waals surface area contributed by atoms with Crippen molar-refractivity contribution in [3.8, 4) is 17.4 Å². The minimum absolute atomic E-state index is 0.0159. The molecular formula is C10H9N2O4+. The van der Waals surface area contributed by atoms with Crippen molar-refractivity contribution >= 4 is 5.69 Å². The highest BCUT2D eigenvalue weighted by Gasteiger charge is 2.18. The summed E-state index contributed by atoms with van der Waals surface area (Å²) in [5.74, 6) is 0.239. The van der Waals surface area contributed by atoms with E-state index < -0.39 is 4.92 Å². The van der Waals surface area contributed by atoms with Gasteiger partial charge in [0.25, 0.3) is 11.9 Å². The molecule has 82 valence electrons. The molecule has 0 aliphatic heterocycles. The van der Waals surface area contributed by atoms with Gasteiger partial charge in [0.15, 0.2) is 0 Å². The Hall–Kier alpha value is -2.37. The van der Waals surface area contributed by atoms with Gasteiger partial charge in [-0.05, 0) is 12.1 Å². The van der Waals surface area contributed by atoms with E-state index in [1.807, 2.05) is 0 Å². The Bertz CT molecular complexity index is 530. The van der Waals surface area contributed by atoms with E-state index in [9.17, 15) is 10.1 Å². The predicted octanol–water partition coefficient (Wildman–Crippen LogP) is 1.38. The van der Waals surface area contributed by atoms with Crippen LogP contribution in [0.2, 0.25) is 0 Å². The number of aryl methyl sites for hydroxylation is 1. The zero-order valence-electron chi connectivity index (χ0n) is 8.45. The highest BCUT2D eigenvalue weighted by Crippen LogP contribution is 2.22. The average Bonchev–Trinajstić information content (AvgIpc) is 2.58. The van der Waals surface area contributed by atoms with Crippen LogP contribution < -0.4 is 4.57 Å². The summed E-state index contributed by atoms with van der Waals surface area (Å²) in [5.41, 5.74) is 0.676. The molecule has 0 bridgehead atoms. The van der Waals surface area contributed by atoms with Gasteiger partial charge in [0.1, 0.15) is 7.05 Å². The van der Waals surface area contributed by atoms with Gasteiger partial charge in [-0.1, -0.05) is 0 Å². The molecule has 1 aromatic heterocycles. The number of hydrogen-bond donors (Lipinski definition) is 1. The molecule has 0 amide bonds. The smallest absolute Gasteiger partial charge is 0.383 e. The number of aromatic hydroxyl groups is 1. The van der Waals surface area contributed by atoms with Gasteiger partial charge in [0.05, 0.1) is 10.5 Å². The Balaban J connectivity index is 2.42. The number of nitrogens with zero attached hydrogens (tertiary/aromatic N) is 2. The van der Waals surface area contributed by atoms with E-state index in [0.29, 0.717) is 11.5 Å². The Labute approximate surface area is 90.5 Å². The van der Waals surface area contributed by atoms with Crippen LogP contribution in [0.4, 0.5) is 5.69 Å². The van der Waals surface area contributed by atoms with E-state index in [1.165, 1.54) is 18.3 Å². The lowest BCUT2D eigenvalue weighted by atomic mass is 10.2. The zero-order valence-corrected chi connectivity index (χ0v) is 8.45. The van der Waals surface area contributed by atoms with E-state index in [2.05, 4.69) is 0 Å². The number of benzene rings is 1. The van der Waals surface area contributed by atoms with Crippen LogP contribution in [-0.4, -0.2) is 10.0 Å². The van der Waals surface area contributed by atoms with Crippen LogP contribution in [0.3, 0.4) is 0 Å². The van der Waals surface area contributed by atoms with Crippen LogP contribution in [0.1, 0.15) is 0 Å². The minimum atomic E-state index is -0.469. The van der Waals surface area contributed by atoms with Crippen molar-refractivity contribution in [3.63, 3.8) is 0 Å². The molecule has 0 radical (unpaired) electrons. The number of rotatable bonds is 2. The molecule has 16 heavy (non-hydrogen) atoms. The Morgan fingerprint density at radius 3 is 2.44 bits per heavy atom. The van der Waals surface area contributed by atoms with Crippen LogP contribution in [0.15, 0.2) is 34.9 Å². The summed E-state index contributed by atoms with van der Waals surface area (Å²) in [4.78, 5) is 9.99. The lowest BCUT2D eigenvalue weighted by molar-refractivity contribution is -0.662. The highest BCUT2D eigenvalue weighted by atomic mass is 16.6. The van der Waals surface area contributed by atoms with Crippen LogP contribution in [0.5, 0.6) is 5.95 Å². The SMILES string of the molecule is C[n+]1cc(O)oc1-c1ccc([N+](=O)[O-])cc1. The number of non-ortho nitro benzene ring substituents is 1. The van der Waals surface area contributed by atoms with Gasteiger partial charge in [-0.3, -0.25) is 10.1 Å². The third-order valence-corrected chi connectivity index (χ3v) is 2.15. The van der Waals surface area contributed by atoms with E-state index in [1.54, 1.807) is 23.7 Å². The van der Waals surface area contributed by atoms with Gasteiger partial charge in [-0.15, -0.1) is 0 Å². The van der Waals surface area contributed by atoms with Crippen molar-refractivity contribution in [1.82, 2.24) is 0 Å². The third kappa shape index (κ3) is 1.72. The molecule has 0 saturated carbocycles. The van der Waals surface area contributed by atoms with Gasteiger partial charge in [-0.2, -0.15) is 4.57 Å². The number of hydrogen-bond acceptors (Lipinski definition) is 4. The fourth-order valence-corrected chi connectivity index (χ4v) is 1.41. The quantitative estimate of drug-likeness (QED) is 0.472. The normalized spacial score (nSPS) is 10.3. The van der Waals surface area contributed by atoms with Gasteiger partial charge >= 0.3 is 11.8 Å². The summed E-state index contributed by atoms with van der Waals surface area (Å²) < 4.78 is 6.64. The monoisotopic (exact) mass is 221 g/mol. The van der Waals surface area contributed by atoms with Gasteiger partial charge in [-0.25, -0.2) is 0 Å². The topological polar surface area (TPSA) is 80.4 Å². The maximum atomic E-state index is 10.5. The van der Waals surface area contributed by atoms with Crippen molar-refractivity contribution < 1.29 is 19.0 Å². The minimum Gasteiger partial charge on any atom is -0.476 e. The van der Waals surface area contributed by atoms with Gasteiger partial charge in [0, 0.05) is 12.1 Å². The van der Waals surface area contributed by atoms with E-state index in [-0.39, 0.29) is 11.6 Å². The summed E-state index contributed by atoms with van der Waals surface area (Å²) in [5, 5.41) is 19.6. The number of aromatic nitrogens is 1. The van der Waals surface area contributed by atoms with Crippen molar-refractivity contribution in [2.24, 2.45) is 7.05 Å². The summed E-state index contributed by atoms with van der Waals surface area (Å²) in [7, 11) is 1.71. The summed E-state index contributed by atoms with van der Waals surface area (Å²) in [6.07, 6.45) is 1.41. The molecule has 6 nitrogen and oxygen atoms in total. The average molecular weight is 221 g/mol. The molecule has 0 unspecified atom stereocenters. The molecule has 0 atom stereocenters. The zero-order chi connectivity index (χ0) is 11.7. The van der Waals surface area contributed by atoms with Crippen molar-refractivity contribution in [2.75, 3.05) is 0 Å². The lowest BCUT2D eigenvalue weighted by Crippen LogP contribution is -2.26. The van der Waals surface area contributed by atoms with Crippen LogP contribution in [0, 0.1) is 10.1 Å². The van der Waals surface area contributed by atoms with Crippen LogP contribution in [0.25, 0.3) is 11.5 Å². The fraction of sp³-hybridized carbons (Fsp3) is 0.100. The summed E-state index contributed by atoms with van der Waals surface area (Å²) in [6, 6.07) is 5.90. The molecule has 0 aliphatic rings. The van der Waals surface area contributed by atoms with E-state index >= 15 is 0 Å². The van der Waals surface area contributed by atoms with Crippen LogP contribution >= 0.6 is 0 Å². The first-order valence-corrected chi connectivity index (χ1v) is 4.51. The highest BCUT2D eigenvalue weighted by molar-refractivity contribution is 5.53. The molecule has 6 heteroatoms. The molecule has 1 heterocycles. The first-order valence-electron chi connectivity index (χ1n) is 4.51. The molecule has 1 N–H and O–H groups in total. The van der Waals surface area contributed by atoms with Crippen molar-refractivity contribution in [3.05, 3.63) is 40.6 Å². The first-order chi connectivity index (χ1) is 7.58. The maximum absolute atomic E-state index is 10.5. The Kier molecular flexibility index (Phi) is 2.32. The fourth-order valence-electron chi connectivity index (χ4n) is 1.41. The number of oxazole rings is 1. The lowest BCUT2D eigenvalue weighted by Gasteiger charge is -1.93.